The number of carbonyl (C=O) groups is 3. The fraction of sp³-hybridized carbons (Fsp3) is 0.286. The Morgan fingerprint density at radius 3 is 2.26 bits per heavy atom. The molecule has 140 valence electrons. The average molecular weight is 366 g/mol. The van der Waals surface area contributed by atoms with Crippen LogP contribution >= 0.6 is 0 Å². The van der Waals surface area contributed by atoms with Crippen LogP contribution in [0.3, 0.4) is 0 Å². The second-order valence-corrected chi connectivity index (χ2v) is 6.64. The smallest absolute Gasteiger partial charge is 0.308 e. The first-order valence-electron chi connectivity index (χ1n) is 8.98. The van der Waals surface area contributed by atoms with Crippen molar-refractivity contribution in [1.29, 1.82) is 0 Å². The van der Waals surface area contributed by atoms with Gasteiger partial charge in [0.1, 0.15) is 6.04 Å². The van der Waals surface area contributed by atoms with Crippen LogP contribution in [0.4, 0.5) is 0 Å². The number of nitrogens with one attached hydrogen (secondary N) is 1. The van der Waals surface area contributed by atoms with Gasteiger partial charge >= 0.3 is 5.97 Å². The lowest BCUT2D eigenvalue weighted by Crippen LogP contribution is -2.48. The highest BCUT2D eigenvalue weighted by Crippen LogP contribution is 2.22. The van der Waals surface area contributed by atoms with E-state index >= 15 is 0 Å². The predicted molar refractivity (Wildman–Crippen MR) is 100 cm³/mol. The van der Waals surface area contributed by atoms with E-state index in [1.807, 2.05) is 12.1 Å². The lowest BCUT2D eigenvalue weighted by molar-refractivity contribution is -0.146. The fourth-order valence-electron chi connectivity index (χ4n) is 3.30. The van der Waals surface area contributed by atoms with E-state index in [9.17, 15) is 19.5 Å². The van der Waals surface area contributed by atoms with Crippen molar-refractivity contribution in [3.05, 3.63) is 71.8 Å². The SMILES string of the molecule is O=C(N[C@H](C(=O)N1CCC[C@H](C(=O)O)C1)c1ccccc1)c1ccccc1. The zero-order valence-corrected chi connectivity index (χ0v) is 14.9. The Labute approximate surface area is 157 Å². The predicted octanol–water partition coefficient (Wildman–Crippen LogP) is 2.48. The molecule has 2 aromatic rings. The molecule has 0 bridgehead atoms. The molecule has 3 rings (SSSR count). The zero-order chi connectivity index (χ0) is 19.2. The van der Waals surface area contributed by atoms with Crippen molar-refractivity contribution < 1.29 is 19.5 Å². The Balaban J connectivity index is 1.83. The third-order valence-electron chi connectivity index (χ3n) is 4.77. The van der Waals surface area contributed by atoms with Crippen molar-refractivity contribution in [1.82, 2.24) is 10.2 Å². The third-order valence-corrected chi connectivity index (χ3v) is 4.77. The summed E-state index contributed by atoms with van der Waals surface area (Å²) in [6, 6.07) is 16.9. The molecular weight excluding hydrogens is 344 g/mol. The van der Waals surface area contributed by atoms with Gasteiger partial charge in [-0.1, -0.05) is 48.5 Å². The molecule has 0 aliphatic carbocycles. The summed E-state index contributed by atoms with van der Waals surface area (Å²) < 4.78 is 0. The number of aliphatic carboxylic acids is 1. The van der Waals surface area contributed by atoms with Gasteiger partial charge in [0.2, 0.25) is 5.91 Å². The van der Waals surface area contributed by atoms with Crippen LogP contribution in [0.2, 0.25) is 0 Å². The van der Waals surface area contributed by atoms with E-state index in [2.05, 4.69) is 5.32 Å². The van der Waals surface area contributed by atoms with Gasteiger partial charge in [-0.15, -0.1) is 0 Å². The van der Waals surface area contributed by atoms with Gasteiger partial charge in [0.15, 0.2) is 0 Å². The van der Waals surface area contributed by atoms with Gasteiger partial charge in [0, 0.05) is 18.7 Å². The third kappa shape index (κ3) is 4.53. The van der Waals surface area contributed by atoms with Gasteiger partial charge < -0.3 is 15.3 Å². The highest BCUT2D eigenvalue weighted by Gasteiger charge is 2.33. The highest BCUT2D eigenvalue weighted by atomic mass is 16.4. The number of rotatable bonds is 5. The van der Waals surface area contributed by atoms with Crippen molar-refractivity contribution in [2.75, 3.05) is 13.1 Å². The van der Waals surface area contributed by atoms with Gasteiger partial charge in [-0.3, -0.25) is 14.4 Å². The molecule has 1 aliphatic rings. The summed E-state index contributed by atoms with van der Waals surface area (Å²) in [5.74, 6) is -2.08. The quantitative estimate of drug-likeness (QED) is 0.851. The van der Waals surface area contributed by atoms with Crippen LogP contribution < -0.4 is 5.32 Å². The molecule has 1 aliphatic heterocycles. The van der Waals surface area contributed by atoms with Gasteiger partial charge in [-0.05, 0) is 30.5 Å². The van der Waals surface area contributed by atoms with E-state index < -0.39 is 17.9 Å². The van der Waals surface area contributed by atoms with Gasteiger partial charge in [-0.25, -0.2) is 0 Å². The molecule has 0 saturated carbocycles. The number of carboxylic acid groups (broad SMARTS) is 1. The van der Waals surface area contributed by atoms with Crippen LogP contribution in [0.15, 0.2) is 60.7 Å². The minimum Gasteiger partial charge on any atom is -0.481 e. The average Bonchev–Trinajstić information content (AvgIpc) is 2.72. The largest absolute Gasteiger partial charge is 0.481 e. The van der Waals surface area contributed by atoms with Crippen LogP contribution in [0.1, 0.15) is 34.8 Å². The maximum atomic E-state index is 13.2. The highest BCUT2D eigenvalue weighted by molar-refractivity contribution is 5.98. The van der Waals surface area contributed by atoms with E-state index in [1.165, 1.54) is 0 Å². The fourth-order valence-corrected chi connectivity index (χ4v) is 3.30. The summed E-state index contributed by atoms with van der Waals surface area (Å²) in [6.45, 7) is 0.659. The second kappa shape index (κ2) is 8.49. The number of amides is 2. The van der Waals surface area contributed by atoms with Crippen molar-refractivity contribution in [2.45, 2.75) is 18.9 Å². The molecule has 0 radical (unpaired) electrons. The Hall–Kier alpha value is -3.15. The normalized spacial score (nSPS) is 17.8. The first-order valence-corrected chi connectivity index (χ1v) is 8.98. The lowest BCUT2D eigenvalue weighted by atomic mass is 9.96. The first kappa shape index (κ1) is 18.6. The molecule has 1 fully saturated rings. The Kier molecular flexibility index (Phi) is 5.86. The Bertz CT molecular complexity index is 807. The molecule has 2 amide bonds. The number of hydrogen-bond donors (Lipinski definition) is 2. The molecule has 6 heteroatoms. The molecular formula is C21H22N2O4. The molecule has 2 N–H and O–H groups in total. The molecule has 2 atom stereocenters. The molecule has 1 heterocycles. The molecule has 2 aromatic carbocycles. The summed E-state index contributed by atoms with van der Waals surface area (Å²) in [7, 11) is 0. The zero-order valence-electron chi connectivity index (χ0n) is 14.9. The summed E-state index contributed by atoms with van der Waals surface area (Å²) in [4.78, 5) is 38.6. The van der Waals surface area contributed by atoms with Crippen LogP contribution in [0, 0.1) is 5.92 Å². The molecule has 0 aromatic heterocycles. The number of nitrogens with zero attached hydrogens (tertiary/aromatic N) is 1. The first-order chi connectivity index (χ1) is 13.1. The summed E-state index contributed by atoms with van der Waals surface area (Å²) in [5, 5.41) is 12.1. The van der Waals surface area contributed by atoms with Crippen molar-refractivity contribution >= 4 is 17.8 Å². The van der Waals surface area contributed by atoms with E-state index in [-0.39, 0.29) is 18.4 Å². The number of piperidine rings is 1. The van der Waals surface area contributed by atoms with Gasteiger partial charge in [0.05, 0.1) is 5.92 Å². The van der Waals surface area contributed by atoms with Crippen molar-refractivity contribution in [3.8, 4) is 0 Å². The molecule has 0 spiro atoms. The van der Waals surface area contributed by atoms with Crippen molar-refractivity contribution in [2.24, 2.45) is 5.92 Å². The summed E-state index contributed by atoms with van der Waals surface area (Å²) in [6.07, 6.45) is 1.20. The standard InChI is InChI=1S/C21H22N2O4/c24-19(16-10-5-2-6-11-16)22-18(15-8-3-1-4-9-15)20(25)23-13-7-12-17(14-23)21(26)27/h1-6,8-11,17-18H,7,12-14H2,(H,22,24)(H,26,27)/t17-,18-/m0/s1. The van der Waals surface area contributed by atoms with E-state index in [4.69, 9.17) is 0 Å². The second-order valence-electron chi connectivity index (χ2n) is 6.64. The van der Waals surface area contributed by atoms with Crippen LogP contribution in [-0.2, 0) is 9.59 Å². The van der Waals surface area contributed by atoms with E-state index in [1.54, 1.807) is 53.4 Å². The number of carbonyl (C=O) groups excluding carboxylic acids is 2. The van der Waals surface area contributed by atoms with E-state index in [0.29, 0.717) is 30.5 Å². The summed E-state index contributed by atoms with van der Waals surface area (Å²) in [5.41, 5.74) is 1.14. The summed E-state index contributed by atoms with van der Waals surface area (Å²) >= 11 is 0. The molecule has 1 saturated heterocycles. The van der Waals surface area contributed by atoms with E-state index in [0.717, 1.165) is 0 Å². The minimum absolute atomic E-state index is 0.165. The minimum atomic E-state index is -0.892. The lowest BCUT2D eigenvalue weighted by Gasteiger charge is -2.33. The molecule has 27 heavy (non-hydrogen) atoms. The maximum absolute atomic E-state index is 13.2. The number of likely N-dealkylation sites (tertiary alicyclic amines) is 1. The maximum Gasteiger partial charge on any atom is 0.308 e. The topological polar surface area (TPSA) is 86.7 Å². The molecule has 6 nitrogen and oxygen atoms in total. The van der Waals surface area contributed by atoms with Gasteiger partial charge in [0.25, 0.3) is 5.91 Å². The number of benzene rings is 2. The van der Waals surface area contributed by atoms with Crippen LogP contribution in [0.25, 0.3) is 0 Å². The van der Waals surface area contributed by atoms with Crippen LogP contribution in [-0.4, -0.2) is 40.9 Å². The van der Waals surface area contributed by atoms with Gasteiger partial charge in [-0.2, -0.15) is 0 Å². The van der Waals surface area contributed by atoms with Crippen LogP contribution in [0.5, 0.6) is 0 Å². The Morgan fingerprint density at radius 1 is 1.00 bits per heavy atom. The monoisotopic (exact) mass is 366 g/mol. The number of carboxylic acids is 1. The number of hydrogen-bond acceptors (Lipinski definition) is 3. The Morgan fingerprint density at radius 2 is 1.63 bits per heavy atom. The van der Waals surface area contributed by atoms with Crippen molar-refractivity contribution in [3.63, 3.8) is 0 Å². The molecule has 0 unspecified atom stereocenters.